The molecule has 0 aliphatic carbocycles. The molecule has 0 spiro atoms. The van der Waals surface area contributed by atoms with Crippen LogP contribution >= 0.6 is 0 Å². The van der Waals surface area contributed by atoms with Crippen LogP contribution in [-0.2, 0) is 10.4 Å². The number of carbonyl (C=O) groups excluding carboxylic acids is 1. The lowest BCUT2D eigenvalue weighted by Gasteiger charge is -2.34. The monoisotopic (exact) mass is 355 g/mol. The highest BCUT2D eigenvalue weighted by Crippen LogP contribution is 2.31. The minimum Gasteiger partial charge on any atom is -0.384 e. The first-order valence-electron chi connectivity index (χ1n) is 8.64. The number of anilines is 2. The van der Waals surface area contributed by atoms with Crippen LogP contribution in [0.1, 0.15) is 40.3 Å². The Hall–Kier alpha value is -2.54. The Labute approximate surface area is 153 Å². The van der Waals surface area contributed by atoms with Crippen molar-refractivity contribution in [1.29, 1.82) is 0 Å². The highest BCUT2D eigenvalue weighted by molar-refractivity contribution is 5.99. The molecule has 0 unspecified atom stereocenters. The fraction of sp³-hybridized carbons (Fsp3) is 0.474. The van der Waals surface area contributed by atoms with E-state index in [9.17, 15) is 9.90 Å². The summed E-state index contributed by atoms with van der Waals surface area (Å²) in [6.07, 6.45) is 3.31. The molecule has 7 nitrogen and oxygen atoms in total. The number of aliphatic hydroxyl groups is 1. The minimum atomic E-state index is -0.992. The van der Waals surface area contributed by atoms with E-state index in [2.05, 4.69) is 36.1 Å². The summed E-state index contributed by atoms with van der Waals surface area (Å²) in [6, 6.07) is 3.65. The Morgan fingerprint density at radius 1 is 1.15 bits per heavy atom. The molecule has 3 heterocycles. The van der Waals surface area contributed by atoms with E-state index in [1.54, 1.807) is 32.3 Å². The second-order valence-electron chi connectivity index (χ2n) is 8.38. The Morgan fingerprint density at radius 2 is 1.88 bits per heavy atom. The van der Waals surface area contributed by atoms with E-state index in [4.69, 9.17) is 4.98 Å². The average molecular weight is 355 g/mol. The van der Waals surface area contributed by atoms with Crippen LogP contribution in [0.5, 0.6) is 0 Å². The number of amides is 1. The highest BCUT2D eigenvalue weighted by atomic mass is 16.3. The number of nitrogens with one attached hydrogen (secondary N) is 1. The van der Waals surface area contributed by atoms with Crippen LogP contribution in [0.15, 0.2) is 24.5 Å². The molecule has 0 aromatic carbocycles. The number of aromatic nitrogens is 3. The SMILES string of the molecule is CC(C)(C)CN1CC(=O)Nc2ncc(-c3ccc(C(C)(C)O)nc3)nc21. The quantitative estimate of drug-likeness (QED) is 0.879. The normalized spacial score (nSPS) is 14.8. The van der Waals surface area contributed by atoms with E-state index in [0.717, 1.165) is 5.56 Å². The summed E-state index contributed by atoms with van der Waals surface area (Å²) in [6.45, 7) is 10.7. The van der Waals surface area contributed by atoms with Gasteiger partial charge in [0, 0.05) is 18.3 Å². The largest absolute Gasteiger partial charge is 0.384 e. The van der Waals surface area contributed by atoms with Crippen LogP contribution in [0.4, 0.5) is 11.6 Å². The van der Waals surface area contributed by atoms with Crippen molar-refractivity contribution in [2.24, 2.45) is 5.41 Å². The number of hydrogen-bond donors (Lipinski definition) is 2. The molecule has 0 saturated heterocycles. The van der Waals surface area contributed by atoms with Crippen LogP contribution in [0.2, 0.25) is 0 Å². The molecule has 0 saturated carbocycles. The summed E-state index contributed by atoms with van der Waals surface area (Å²) < 4.78 is 0. The van der Waals surface area contributed by atoms with Crippen LogP contribution in [0, 0.1) is 5.41 Å². The van der Waals surface area contributed by atoms with Gasteiger partial charge in [-0.2, -0.15) is 0 Å². The van der Waals surface area contributed by atoms with E-state index in [1.807, 2.05) is 11.0 Å². The van der Waals surface area contributed by atoms with Gasteiger partial charge in [0.2, 0.25) is 5.91 Å². The summed E-state index contributed by atoms with van der Waals surface area (Å²) in [5.41, 5.74) is 1.10. The average Bonchev–Trinajstić information content (AvgIpc) is 2.52. The standard InChI is InChI=1S/C19H25N5O2/c1-18(2,3)11-24-10-15(25)23-16-17(24)22-13(9-21-16)12-6-7-14(20-8-12)19(4,5)26/h6-9,26H,10-11H2,1-5H3,(H,21,23,25). The lowest BCUT2D eigenvalue weighted by molar-refractivity contribution is -0.115. The third kappa shape index (κ3) is 3.99. The van der Waals surface area contributed by atoms with Gasteiger partial charge in [0.15, 0.2) is 11.6 Å². The Bertz CT molecular complexity index is 819. The maximum atomic E-state index is 12.0. The summed E-state index contributed by atoms with van der Waals surface area (Å²) in [4.78, 5) is 27.3. The van der Waals surface area contributed by atoms with Gasteiger partial charge in [0.25, 0.3) is 0 Å². The molecule has 2 aromatic heterocycles. The van der Waals surface area contributed by atoms with Gasteiger partial charge in [-0.25, -0.2) is 9.97 Å². The van der Waals surface area contributed by atoms with Crippen molar-refractivity contribution < 1.29 is 9.90 Å². The van der Waals surface area contributed by atoms with Crippen LogP contribution in [-0.4, -0.2) is 39.1 Å². The Balaban J connectivity index is 1.96. The van der Waals surface area contributed by atoms with Gasteiger partial charge >= 0.3 is 0 Å². The zero-order chi connectivity index (χ0) is 19.1. The van der Waals surface area contributed by atoms with Crippen molar-refractivity contribution in [3.8, 4) is 11.3 Å². The summed E-state index contributed by atoms with van der Waals surface area (Å²) in [5.74, 6) is 1.07. The van der Waals surface area contributed by atoms with E-state index in [1.165, 1.54) is 0 Å². The molecule has 1 amide bonds. The molecular formula is C19H25N5O2. The van der Waals surface area contributed by atoms with Crippen molar-refractivity contribution in [1.82, 2.24) is 15.0 Å². The van der Waals surface area contributed by atoms with Crippen LogP contribution in [0.3, 0.4) is 0 Å². The molecule has 0 radical (unpaired) electrons. The first kappa shape index (κ1) is 18.3. The summed E-state index contributed by atoms with van der Waals surface area (Å²) in [5, 5.41) is 12.8. The van der Waals surface area contributed by atoms with Crippen LogP contribution in [0.25, 0.3) is 11.3 Å². The molecule has 1 aliphatic heterocycles. The van der Waals surface area contributed by atoms with Crippen molar-refractivity contribution >= 4 is 17.5 Å². The third-order valence-electron chi connectivity index (χ3n) is 4.00. The number of rotatable bonds is 3. The van der Waals surface area contributed by atoms with Gasteiger partial charge in [0.05, 0.1) is 24.1 Å². The van der Waals surface area contributed by atoms with Crippen molar-refractivity contribution in [2.75, 3.05) is 23.3 Å². The lowest BCUT2D eigenvalue weighted by Crippen LogP contribution is -2.43. The van der Waals surface area contributed by atoms with Gasteiger partial charge < -0.3 is 15.3 Å². The summed E-state index contributed by atoms with van der Waals surface area (Å²) >= 11 is 0. The maximum absolute atomic E-state index is 12.0. The molecule has 3 rings (SSSR count). The van der Waals surface area contributed by atoms with E-state index in [-0.39, 0.29) is 17.9 Å². The Morgan fingerprint density at radius 3 is 2.46 bits per heavy atom. The Kier molecular flexibility index (Phi) is 4.44. The molecule has 26 heavy (non-hydrogen) atoms. The van der Waals surface area contributed by atoms with Gasteiger partial charge in [-0.1, -0.05) is 20.8 Å². The molecule has 2 aromatic rings. The van der Waals surface area contributed by atoms with Gasteiger partial charge in [0.1, 0.15) is 5.60 Å². The van der Waals surface area contributed by atoms with Crippen LogP contribution < -0.4 is 10.2 Å². The predicted octanol–water partition coefficient (Wildman–Crippen LogP) is 2.57. The second kappa shape index (κ2) is 6.32. The first-order valence-corrected chi connectivity index (χ1v) is 8.64. The molecule has 0 bridgehead atoms. The molecule has 0 atom stereocenters. The van der Waals surface area contributed by atoms with Crippen molar-refractivity contribution in [3.63, 3.8) is 0 Å². The van der Waals surface area contributed by atoms with E-state index < -0.39 is 5.60 Å². The smallest absolute Gasteiger partial charge is 0.245 e. The number of fused-ring (bicyclic) bond motifs is 1. The molecule has 138 valence electrons. The number of carbonyl (C=O) groups is 1. The molecular weight excluding hydrogens is 330 g/mol. The topological polar surface area (TPSA) is 91.2 Å². The minimum absolute atomic E-state index is 0.0164. The fourth-order valence-corrected chi connectivity index (χ4v) is 2.86. The molecule has 0 fully saturated rings. The zero-order valence-electron chi connectivity index (χ0n) is 15.9. The number of pyridine rings is 1. The highest BCUT2D eigenvalue weighted by Gasteiger charge is 2.28. The van der Waals surface area contributed by atoms with Gasteiger partial charge in [-0.15, -0.1) is 0 Å². The summed E-state index contributed by atoms with van der Waals surface area (Å²) in [7, 11) is 0. The maximum Gasteiger partial charge on any atom is 0.245 e. The predicted molar refractivity (Wildman–Crippen MR) is 101 cm³/mol. The third-order valence-corrected chi connectivity index (χ3v) is 4.00. The van der Waals surface area contributed by atoms with Crippen molar-refractivity contribution in [2.45, 2.75) is 40.2 Å². The van der Waals surface area contributed by atoms with Crippen molar-refractivity contribution in [3.05, 3.63) is 30.2 Å². The van der Waals surface area contributed by atoms with E-state index in [0.29, 0.717) is 29.6 Å². The number of hydrogen-bond acceptors (Lipinski definition) is 6. The molecule has 7 heteroatoms. The lowest BCUT2D eigenvalue weighted by atomic mass is 9.96. The second-order valence-corrected chi connectivity index (χ2v) is 8.38. The number of nitrogens with zero attached hydrogens (tertiary/aromatic N) is 4. The first-order chi connectivity index (χ1) is 12.0. The molecule has 2 N–H and O–H groups in total. The van der Waals surface area contributed by atoms with Gasteiger partial charge in [-0.3, -0.25) is 9.78 Å². The fourth-order valence-electron chi connectivity index (χ4n) is 2.86. The van der Waals surface area contributed by atoms with E-state index >= 15 is 0 Å². The van der Waals surface area contributed by atoms with Gasteiger partial charge in [-0.05, 0) is 31.4 Å². The molecule has 1 aliphatic rings. The zero-order valence-corrected chi connectivity index (χ0v) is 15.9.